The van der Waals surface area contributed by atoms with Crippen LogP contribution in [0.5, 0.6) is 5.75 Å². The molecule has 26 heavy (non-hydrogen) atoms. The first-order valence-electron chi connectivity index (χ1n) is 8.03. The largest absolute Gasteiger partial charge is 0.492 e. The number of hydrogen-bond donors (Lipinski definition) is 2. The fourth-order valence-electron chi connectivity index (χ4n) is 2.14. The summed E-state index contributed by atoms with van der Waals surface area (Å²) >= 11 is 13.0. The highest BCUT2D eigenvalue weighted by molar-refractivity contribution is 8.13. The van der Waals surface area contributed by atoms with E-state index in [4.69, 9.17) is 27.9 Å². The first-order chi connectivity index (χ1) is 12.5. The van der Waals surface area contributed by atoms with Crippen LogP contribution in [0.15, 0.2) is 18.2 Å². The topological polar surface area (TPSA) is 87.7 Å². The van der Waals surface area contributed by atoms with Gasteiger partial charge in [-0.2, -0.15) is 0 Å². The quantitative estimate of drug-likeness (QED) is 0.499. The molecule has 1 aromatic carbocycles. The van der Waals surface area contributed by atoms with Gasteiger partial charge in [0.25, 0.3) is 5.24 Å². The summed E-state index contributed by atoms with van der Waals surface area (Å²) < 4.78 is 5.48. The van der Waals surface area contributed by atoms with Crippen LogP contribution in [0.1, 0.15) is 19.3 Å². The van der Waals surface area contributed by atoms with Gasteiger partial charge in [0.15, 0.2) is 0 Å². The van der Waals surface area contributed by atoms with E-state index in [-0.39, 0.29) is 29.9 Å². The number of nitrogens with zero attached hydrogens (tertiary/aromatic N) is 1. The number of carbonyl (C=O) groups excluding carboxylic acids is 3. The SMILES string of the molecule is O=C(CCCOc1ccc(Cl)cc1Cl)NNC(=O)CCN1CCSC1=O. The second-order valence-corrected chi connectivity index (χ2v) is 7.36. The van der Waals surface area contributed by atoms with E-state index in [1.807, 2.05) is 0 Å². The molecule has 0 unspecified atom stereocenters. The third kappa shape index (κ3) is 6.93. The van der Waals surface area contributed by atoms with Gasteiger partial charge in [-0.15, -0.1) is 0 Å². The molecule has 1 heterocycles. The summed E-state index contributed by atoms with van der Waals surface area (Å²) in [5, 5.41) is 0.914. The lowest BCUT2D eigenvalue weighted by Crippen LogP contribution is -2.42. The smallest absolute Gasteiger partial charge is 0.281 e. The average Bonchev–Trinajstić information content (AvgIpc) is 3.01. The minimum atomic E-state index is -0.341. The Hall–Kier alpha value is -1.64. The minimum absolute atomic E-state index is 0.0115. The second-order valence-electron chi connectivity index (χ2n) is 5.47. The molecule has 2 N–H and O–H groups in total. The Labute approximate surface area is 165 Å². The van der Waals surface area contributed by atoms with Crippen molar-refractivity contribution in [3.63, 3.8) is 0 Å². The number of hydrazine groups is 1. The molecule has 0 radical (unpaired) electrons. The molecule has 1 fully saturated rings. The molecule has 10 heteroatoms. The van der Waals surface area contributed by atoms with E-state index >= 15 is 0 Å². The third-order valence-electron chi connectivity index (χ3n) is 3.49. The lowest BCUT2D eigenvalue weighted by atomic mass is 10.3. The Bertz CT molecular complexity index is 675. The molecule has 1 aliphatic rings. The van der Waals surface area contributed by atoms with E-state index in [1.165, 1.54) is 11.8 Å². The molecule has 7 nitrogen and oxygen atoms in total. The van der Waals surface area contributed by atoms with E-state index in [0.29, 0.717) is 41.9 Å². The summed E-state index contributed by atoms with van der Waals surface area (Å²) in [5.41, 5.74) is 4.68. The molecular formula is C16H19Cl2N3O4S. The Balaban J connectivity index is 1.55. The molecule has 0 spiro atoms. The monoisotopic (exact) mass is 419 g/mol. The van der Waals surface area contributed by atoms with Crippen LogP contribution in [0.2, 0.25) is 10.0 Å². The Morgan fingerprint density at radius 2 is 1.92 bits per heavy atom. The van der Waals surface area contributed by atoms with E-state index in [0.717, 1.165) is 5.75 Å². The maximum atomic E-state index is 11.7. The Morgan fingerprint density at radius 1 is 1.19 bits per heavy atom. The predicted molar refractivity (Wildman–Crippen MR) is 102 cm³/mol. The lowest BCUT2D eigenvalue weighted by molar-refractivity contribution is -0.129. The average molecular weight is 420 g/mol. The van der Waals surface area contributed by atoms with Gasteiger partial charge in [-0.05, 0) is 24.6 Å². The van der Waals surface area contributed by atoms with Crippen molar-refractivity contribution in [3.8, 4) is 5.75 Å². The van der Waals surface area contributed by atoms with Crippen molar-refractivity contribution in [1.82, 2.24) is 15.8 Å². The van der Waals surface area contributed by atoms with Gasteiger partial charge in [0.1, 0.15) is 5.75 Å². The van der Waals surface area contributed by atoms with E-state index in [1.54, 1.807) is 23.1 Å². The van der Waals surface area contributed by atoms with Crippen molar-refractivity contribution < 1.29 is 19.1 Å². The fourth-order valence-corrected chi connectivity index (χ4v) is 3.45. The molecule has 0 aromatic heterocycles. The molecule has 0 atom stereocenters. The summed E-state index contributed by atoms with van der Waals surface area (Å²) in [5.74, 6) is 0.587. The van der Waals surface area contributed by atoms with Crippen LogP contribution in [0.4, 0.5) is 4.79 Å². The molecule has 1 aliphatic heterocycles. The van der Waals surface area contributed by atoms with Gasteiger partial charge in [0.05, 0.1) is 11.6 Å². The van der Waals surface area contributed by atoms with Gasteiger partial charge in [0, 0.05) is 36.7 Å². The molecular weight excluding hydrogens is 401 g/mol. The van der Waals surface area contributed by atoms with E-state index in [9.17, 15) is 14.4 Å². The molecule has 0 bridgehead atoms. The molecule has 0 aliphatic carbocycles. The maximum absolute atomic E-state index is 11.7. The number of rotatable bonds is 8. The van der Waals surface area contributed by atoms with Crippen molar-refractivity contribution in [1.29, 1.82) is 0 Å². The van der Waals surface area contributed by atoms with Gasteiger partial charge in [-0.25, -0.2) is 0 Å². The van der Waals surface area contributed by atoms with Crippen LogP contribution in [-0.2, 0) is 9.59 Å². The number of nitrogens with one attached hydrogen (secondary N) is 2. The van der Waals surface area contributed by atoms with Crippen LogP contribution < -0.4 is 15.6 Å². The second kappa shape index (κ2) is 10.5. The fraction of sp³-hybridized carbons (Fsp3) is 0.438. The van der Waals surface area contributed by atoms with E-state index < -0.39 is 0 Å². The highest BCUT2D eigenvalue weighted by atomic mass is 35.5. The van der Waals surface area contributed by atoms with Crippen LogP contribution in [0, 0.1) is 0 Å². The Morgan fingerprint density at radius 3 is 2.58 bits per heavy atom. The number of hydrogen-bond acceptors (Lipinski definition) is 5. The van der Waals surface area contributed by atoms with Gasteiger partial charge >= 0.3 is 0 Å². The lowest BCUT2D eigenvalue weighted by Gasteiger charge is -2.14. The van der Waals surface area contributed by atoms with Crippen molar-refractivity contribution >= 4 is 52.0 Å². The normalized spacial score (nSPS) is 13.6. The number of ether oxygens (including phenoxy) is 1. The molecule has 0 saturated carbocycles. The summed E-state index contributed by atoms with van der Waals surface area (Å²) in [6, 6.07) is 4.91. The van der Waals surface area contributed by atoms with Gasteiger partial charge in [-0.3, -0.25) is 25.2 Å². The van der Waals surface area contributed by atoms with Crippen molar-refractivity contribution in [2.24, 2.45) is 0 Å². The zero-order valence-corrected chi connectivity index (χ0v) is 16.3. The standard InChI is InChI=1S/C16H19Cl2N3O4S/c17-11-3-4-13(12(18)10-11)25-8-1-2-14(22)19-20-15(23)5-6-21-7-9-26-16(21)24/h3-4,10H,1-2,5-9H2,(H,19,22)(H,20,23). The highest BCUT2D eigenvalue weighted by Crippen LogP contribution is 2.27. The zero-order chi connectivity index (χ0) is 18.9. The first kappa shape index (κ1) is 20.7. The van der Waals surface area contributed by atoms with E-state index in [2.05, 4.69) is 10.9 Å². The zero-order valence-electron chi connectivity index (χ0n) is 13.9. The van der Waals surface area contributed by atoms with Crippen molar-refractivity contribution in [2.45, 2.75) is 19.3 Å². The molecule has 3 amide bonds. The number of halogens is 2. The predicted octanol–water partition coefficient (Wildman–Crippen LogP) is 2.86. The third-order valence-corrected chi connectivity index (χ3v) is 4.92. The number of carbonyl (C=O) groups is 3. The summed E-state index contributed by atoms with van der Waals surface area (Å²) in [4.78, 5) is 36.4. The van der Waals surface area contributed by atoms with Gasteiger partial charge in [-0.1, -0.05) is 35.0 Å². The summed E-state index contributed by atoms with van der Waals surface area (Å²) in [6.45, 7) is 1.31. The van der Waals surface area contributed by atoms with Crippen molar-refractivity contribution in [3.05, 3.63) is 28.2 Å². The first-order valence-corrected chi connectivity index (χ1v) is 9.77. The van der Waals surface area contributed by atoms with Crippen LogP contribution in [0.3, 0.4) is 0 Å². The number of benzene rings is 1. The van der Waals surface area contributed by atoms with Crippen LogP contribution in [0.25, 0.3) is 0 Å². The molecule has 2 rings (SSSR count). The number of amides is 3. The molecule has 1 saturated heterocycles. The minimum Gasteiger partial charge on any atom is -0.492 e. The summed E-state index contributed by atoms with van der Waals surface area (Å²) in [6.07, 6.45) is 0.789. The number of thioether (sulfide) groups is 1. The highest BCUT2D eigenvalue weighted by Gasteiger charge is 2.21. The van der Waals surface area contributed by atoms with Gasteiger partial charge < -0.3 is 9.64 Å². The van der Waals surface area contributed by atoms with Gasteiger partial charge in [0.2, 0.25) is 11.8 Å². The molecule has 142 valence electrons. The van der Waals surface area contributed by atoms with Crippen LogP contribution in [-0.4, -0.2) is 47.4 Å². The summed E-state index contributed by atoms with van der Waals surface area (Å²) in [7, 11) is 0. The maximum Gasteiger partial charge on any atom is 0.281 e. The van der Waals surface area contributed by atoms with Crippen molar-refractivity contribution in [2.75, 3.05) is 25.4 Å². The Kier molecular flexibility index (Phi) is 8.34. The molecule has 1 aromatic rings. The van der Waals surface area contributed by atoms with Crippen LogP contribution >= 0.6 is 35.0 Å².